The van der Waals surface area contributed by atoms with E-state index in [1.54, 1.807) is 6.07 Å². The molecule has 0 aliphatic heterocycles. The molecule has 1 unspecified atom stereocenters. The summed E-state index contributed by atoms with van der Waals surface area (Å²) in [6.45, 7) is 3.08. The van der Waals surface area contributed by atoms with Crippen molar-refractivity contribution in [3.63, 3.8) is 0 Å². The zero-order valence-corrected chi connectivity index (χ0v) is 12.4. The van der Waals surface area contributed by atoms with E-state index in [-0.39, 0.29) is 11.9 Å². The maximum Gasteiger partial charge on any atom is 0.141 e. The molecule has 0 aliphatic rings. The summed E-state index contributed by atoms with van der Waals surface area (Å²) in [6, 6.07) is 3.38. The molecule has 0 saturated carbocycles. The maximum absolute atomic E-state index is 12.8. The van der Waals surface area contributed by atoms with Gasteiger partial charge < -0.3 is 15.1 Å². The van der Waals surface area contributed by atoms with Gasteiger partial charge in [-0.25, -0.2) is 4.39 Å². The minimum Gasteiger partial charge on any atom is -0.312 e. The molecule has 1 atom stereocenters. The third-order valence-electron chi connectivity index (χ3n) is 3.18. The topological polar surface area (TPSA) is 31.4 Å². The molecule has 0 aromatic carbocycles. The highest BCUT2D eigenvalue weighted by atomic mass is 19.1. The summed E-state index contributed by atoms with van der Waals surface area (Å²) in [6.07, 6.45) is 2.23. The van der Waals surface area contributed by atoms with Crippen LogP contribution in [0, 0.1) is 5.82 Å². The maximum atomic E-state index is 12.8. The summed E-state index contributed by atoms with van der Waals surface area (Å²) in [5.41, 5.74) is 0.893. The van der Waals surface area contributed by atoms with E-state index in [0.29, 0.717) is 0 Å². The van der Waals surface area contributed by atoms with Crippen molar-refractivity contribution in [3.8, 4) is 0 Å². The molecule has 1 heterocycles. The molecule has 0 amide bonds. The molecule has 0 spiro atoms. The van der Waals surface area contributed by atoms with E-state index >= 15 is 0 Å². The first kappa shape index (κ1) is 16.0. The Morgan fingerprint density at radius 3 is 2.47 bits per heavy atom. The van der Waals surface area contributed by atoms with E-state index in [0.717, 1.165) is 31.7 Å². The smallest absolute Gasteiger partial charge is 0.141 e. The van der Waals surface area contributed by atoms with E-state index < -0.39 is 0 Å². The Kier molecular flexibility index (Phi) is 6.91. The Balaban J connectivity index is 2.42. The van der Waals surface area contributed by atoms with Crippen LogP contribution in [0.3, 0.4) is 0 Å². The molecule has 0 saturated heterocycles. The Labute approximate surface area is 115 Å². The van der Waals surface area contributed by atoms with Crippen LogP contribution < -0.4 is 5.32 Å². The lowest BCUT2D eigenvalue weighted by Gasteiger charge is -2.22. The van der Waals surface area contributed by atoms with Crippen LogP contribution in [-0.4, -0.2) is 62.6 Å². The van der Waals surface area contributed by atoms with Crippen molar-refractivity contribution in [2.24, 2.45) is 0 Å². The van der Waals surface area contributed by atoms with Crippen LogP contribution in [0.15, 0.2) is 18.3 Å². The molecule has 1 aromatic rings. The Morgan fingerprint density at radius 2 is 1.95 bits per heavy atom. The van der Waals surface area contributed by atoms with Gasteiger partial charge in [0.05, 0.1) is 17.9 Å². The molecular formula is C14H25FN4. The van der Waals surface area contributed by atoms with E-state index in [2.05, 4.69) is 41.2 Å². The minimum absolute atomic E-state index is 0.169. The fourth-order valence-corrected chi connectivity index (χ4v) is 1.87. The Hall–Kier alpha value is -1.04. The summed E-state index contributed by atoms with van der Waals surface area (Å²) in [5.74, 6) is -0.290. The van der Waals surface area contributed by atoms with Crippen molar-refractivity contribution in [2.45, 2.75) is 12.5 Å². The average Bonchev–Trinajstić information content (AvgIpc) is 2.39. The second-order valence-corrected chi connectivity index (χ2v) is 5.14. The Bertz CT molecular complexity index is 353. The summed E-state index contributed by atoms with van der Waals surface area (Å²) in [4.78, 5) is 8.61. The second kappa shape index (κ2) is 8.19. The molecule has 0 radical (unpaired) electrons. The molecule has 108 valence electrons. The van der Waals surface area contributed by atoms with E-state index in [4.69, 9.17) is 0 Å². The van der Waals surface area contributed by atoms with Gasteiger partial charge in [-0.3, -0.25) is 4.98 Å². The Morgan fingerprint density at radius 1 is 1.21 bits per heavy atom. The number of hydrogen-bond donors (Lipinski definition) is 1. The largest absolute Gasteiger partial charge is 0.312 e. The van der Waals surface area contributed by atoms with Crippen LogP contribution in [0.25, 0.3) is 0 Å². The van der Waals surface area contributed by atoms with E-state index in [9.17, 15) is 4.39 Å². The SMILES string of the molecule is CNC(CCN(C)CCN(C)C)c1ccc(F)cn1. The number of likely N-dealkylation sites (N-methyl/N-ethyl adjacent to an activating group) is 2. The first-order valence-corrected chi connectivity index (χ1v) is 6.65. The van der Waals surface area contributed by atoms with Crippen LogP contribution in [0.1, 0.15) is 18.2 Å². The van der Waals surface area contributed by atoms with Gasteiger partial charge in [-0.15, -0.1) is 0 Å². The van der Waals surface area contributed by atoms with E-state index in [1.807, 2.05) is 7.05 Å². The molecule has 0 bridgehead atoms. The van der Waals surface area contributed by atoms with Crippen LogP contribution >= 0.6 is 0 Å². The highest BCUT2D eigenvalue weighted by Gasteiger charge is 2.11. The molecule has 1 aromatic heterocycles. The minimum atomic E-state index is -0.290. The number of hydrogen-bond acceptors (Lipinski definition) is 4. The lowest BCUT2D eigenvalue weighted by atomic mass is 10.1. The second-order valence-electron chi connectivity index (χ2n) is 5.14. The summed E-state index contributed by atoms with van der Waals surface area (Å²) < 4.78 is 12.8. The number of nitrogens with one attached hydrogen (secondary N) is 1. The lowest BCUT2D eigenvalue weighted by molar-refractivity contribution is 0.269. The predicted molar refractivity (Wildman–Crippen MR) is 76.7 cm³/mol. The predicted octanol–water partition coefficient (Wildman–Crippen LogP) is 1.36. The van der Waals surface area contributed by atoms with Gasteiger partial charge >= 0.3 is 0 Å². The summed E-state index contributed by atoms with van der Waals surface area (Å²) >= 11 is 0. The highest BCUT2D eigenvalue weighted by Crippen LogP contribution is 2.14. The summed E-state index contributed by atoms with van der Waals surface area (Å²) in [7, 11) is 8.18. The standard InChI is InChI=1S/C14H25FN4/c1-16-13(14-6-5-12(15)11-17-14)7-8-19(4)10-9-18(2)3/h5-6,11,13,16H,7-10H2,1-4H3. The van der Waals surface area contributed by atoms with Crippen molar-refractivity contribution in [3.05, 3.63) is 29.8 Å². The summed E-state index contributed by atoms with van der Waals surface area (Å²) in [5, 5.41) is 3.24. The first-order valence-electron chi connectivity index (χ1n) is 6.65. The van der Waals surface area contributed by atoms with E-state index in [1.165, 1.54) is 12.3 Å². The zero-order valence-electron chi connectivity index (χ0n) is 12.4. The van der Waals surface area contributed by atoms with Crippen molar-refractivity contribution in [1.82, 2.24) is 20.1 Å². The van der Waals surface area contributed by atoms with Crippen LogP contribution in [0.4, 0.5) is 4.39 Å². The molecule has 5 heteroatoms. The van der Waals surface area contributed by atoms with Crippen molar-refractivity contribution in [1.29, 1.82) is 0 Å². The number of nitrogens with zero attached hydrogens (tertiary/aromatic N) is 3. The molecule has 19 heavy (non-hydrogen) atoms. The van der Waals surface area contributed by atoms with Crippen molar-refractivity contribution < 1.29 is 4.39 Å². The van der Waals surface area contributed by atoms with Crippen molar-refractivity contribution >= 4 is 0 Å². The van der Waals surface area contributed by atoms with Gasteiger partial charge in [0.2, 0.25) is 0 Å². The fourth-order valence-electron chi connectivity index (χ4n) is 1.87. The van der Waals surface area contributed by atoms with Gasteiger partial charge in [0.25, 0.3) is 0 Å². The highest BCUT2D eigenvalue weighted by molar-refractivity contribution is 5.09. The zero-order chi connectivity index (χ0) is 14.3. The molecule has 1 N–H and O–H groups in total. The third-order valence-corrected chi connectivity index (χ3v) is 3.18. The first-order chi connectivity index (χ1) is 9.02. The lowest BCUT2D eigenvalue weighted by Crippen LogP contribution is -2.31. The van der Waals surface area contributed by atoms with Crippen LogP contribution in [0.2, 0.25) is 0 Å². The van der Waals surface area contributed by atoms with Crippen molar-refractivity contribution in [2.75, 3.05) is 47.8 Å². The molecule has 1 rings (SSSR count). The third kappa shape index (κ3) is 6.09. The number of aromatic nitrogens is 1. The quantitative estimate of drug-likeness (QED) is 0.771. The number of rotatable bonds is 8. The molecule has 0 aliphatic carbocycles. The monoisotopic (exact) mass is 268 g/mol. The fraction of sp³-hybridized carbons (Fsp3) is 0.643. The van der Waals surface area contributed by atoms with Gasteiger partial charge in [-0.2, -0.15) is 0 Å². The molecule has 4 nitrogen and oxygen atoms in total. The van der Waals surface area contributed by atoms with Gasteiger partial charge in [0.15, 0.2) is 0 Å². The normalized spacial score (nSPS) is 13.2. The average molecular weight is 268 g/mol. The number of halogens is 1. The van der Waals surface area contributed by atoms with Gasteiger partial charge in [0, 0.05) is 13.1 Å². The number of pyridine rings is 1. The van der Waals surface area contributed by atoms with Crippen LogP contribution in [-0.2, 0) is 0 Å². The molecular weight excluding hydrogens is 243 g/mol. The van der Waals surface area contributed by atoms with Gasteiger partial charge in [-0.05, 0) is 53.3 Å². The van der Waals surface area contributed by atoms with Gasteiger partial charge in [0.1, 0.15) is 5.82 Å². The van der Waals surface area contributed by atoms with Gasteiger partial charge in [-0.1, -0.05) is 0 Å². The molecule has 0 fully saturated rings. The van der Waals surface area contributed by atoms with Crippen LogP contribution in [0.5, 0.6) is 0 Å².